The number of hydrogen-bond acceptors (Lipinski definition) is 4. The largest absolute Gasteiger partial charge is 0.317 e. The zero-order valence-corrected chi connectivity index (χ0v) is 15.6. The molecule has 8 heteroatoms. The van der Waals surface area contributed by atoms with Gasteiger partial charge in [0.2, 0.25) is 0 Å². The number of fused-ring (bicyclic) bond motifs is 1. The first-order valence-electron chi connectivity index (χ1n) is 8.68. The van der Waals surface area contributed by atoms with Gasteiger partial charge >= 0.3 is 0 Å². The predicted octanol–water partition coefficient (Wildman–Crippen LogP) is 3.26. The Balaban J connectivity index is 1.50. The molecule has 0 bridgehead atoms. The van der Waals surface area contributed by atoms with Crippen LogP contribution in [0, 0.1) is 12.7 Å². The summed E-state index contributed by atoms with van der Waals surface area (Å²) < 4.78 is 43.0. The van der Waals surface area contributed by atoms with E-state index in [4.69, 9.17) is 0 Å². The highest BCUT2D eigenvalue weighted by molar-refractivity contribution is 7.92. The summed E-state index contributed by atoms with van der Waals surface area (Å²) in [6, 6.07) is 11.1. The maximum absolute atomic E-state index is 13.4. The molecule has 0 spiro atoms. The number of aromatic nitrogens is 3. The monoisotopic (exact) mass is 386 g/mol. The number of nitrogens with zero attached hydrogens (tertiary/aromatic N) is 3. The Morgan fingerprint density at radius 3 is 2.70 bits per heavy atom. The topological polar surface area (TPSA) is 76.9 Å². The number of sulfonamides is 1. The fraction of sp³-hybridized carbons (Fsp3) is 0.263. The third-order valence-electron chi connectivity index (χ3n) is 4.90. The zero-order valence-electron chi connectivity index (χ0n) is 14.8. The summed E-state index contributed by atoms with van der Waals surface area (Å²) in [6.45, 7) is 2.36. The van der Waals surface area contributed by atoms with E-state index in [-0.39, 0.29) is 4.90 Å². The van der Waals surface area contributed by atoms with Crippen molar-refractivity contribution in [2.75, 3.05) is 4.72 Å². The second-order valence-electron chi connectivity index (χ2n) is 6.77. The van der Waals surface area contributed by atoms with Crippen molar-refractivity contribution in [3.63, 3.8) is 0 Å². The van der Waals surface area contributed by atoms with Crippen LogP contribution < -0.4 is 4.72 Å². The molecule has 27 heavy (non-hydrogen) atoms. The lowest BCUT2D eigenvalue weighted by atomic mass is 9.91. The summed E-state index contributed by atoms with van der Waals surface area (Å²) in [5, 5.41) is 8.03. The van der Waals surface area contributed by atoms with Gasteiger partial charge in [0.1, 0.15) is 18.0 Å². The van der Waals surface area contributed by atoms with E-state index in [1.807, 2.05) is 12.1 Å². The number of benzene rings is 2. The van der Waals surface area contributed by atoms with Gasteiger partial charge in [0, 0.05) is 24.6 Å². The van der Waals surface area contributed by atoms with Gasteiger partial charge in [-0.25, -0.2) is 12.8 Å². The molecule has 2 heterocycles. The predicted molar refractivity (Wildman–Crippen MR) is 99.5 cm³/mol. The first-order valence-corrected chi connectivity index (χ1v) is 10.2. The second kappa shape index (κ2) is 6.77. The minimum atomic E-state index is -3.76. The molecule has 0 radical (unpaired) electrons. The Morgan fingerprint density at radius 2 is 1.96 bits per heavy atom. The van der Waals surface area contributed by atoms with Gasteiger partial charge < -0.3 is 4.57 Å². The van der Waals surface area contributed by atoms with Crippen LogP contribution >= 0.6 is 0 Å². The highest BCUT2D eigenvalue weighted by Gasteiger charge is 2.21. The Morgan fingerprint density at radius 1 is 1.19 bits per heavy atom. The zero-order chi connectivity index (χ0) is 19.0. The molecule has 3 aromatic rings. The number of anilines is 1. The van der Waals surface area contributed by atoms with Gasteiger partial charge in [-0.3, -0.25) is 4.72 Å². The maximum atomic E-state index is 13.4. The fourth-order valence-corrected chi connectivity index (χ4v) is 4.49. The number of aryl methyl sites for hydroxylation is 2. The van der Waals surface area contributed by atoms with Crippen molar-refractivity contribution in [1.82, 2.24) is 14.8 Å². The van der Waals surface area contributed by atoms with E-state index in [1.54, 1.807) is 18.5 Å². The molecular formula is C19H19FN4O2S. The van der Waals surface area contributed by atoms with Gasteiger partial charge in [0.05, 0.1) is 4.90 Å². The first-order chi connectivity index (χ1) is 12.9. The van der Waals surface area contributed by atoms with Gasteiger partial charge in [-0.05, 0) is 54.8 Å². The fourth-order valence-electron chi connectivity index (χ4n) is 3.35. The van der Waals surface area contributed by atoms with Gasteiger partial charge in [-0.2, -0.15) is 0 Å². The van der Waals surface area contributed by atoms with Crippen LogP contribution in [0.5, 0.6) is 0 Å². The van der Waals surface area contributed by atoms with Crippen LogP contribution in [-0.2, 0) is 23.0 Å². The van der Waals surface area contributed by atoms with Crippen molar-refractivity contribution in [1.29, 1.82) is 0 Å². The van der Waals surface area contributed by atoms with Crippen LogP contribution in [0.3, 0.4) is 0 Å². The molecule has 0 unspecified atom stereocenters. The molecule has 0 fully saturated rings. The quantitative estimate of drug-likeness (QED) is 0.747. The summed E-state index contributed by atoms with van der Waals surface area (Å²) in [5.41, 5.74) is 1.91. The lowest BCUT2D eigenvalue weighted by Crippen LogP contribution is -2.18. The van der Waals surface area contributed by atoms with Crippen LogP contribution in [0.25, 0.3) is 0 Å². The van der Waals surface area contributed by atoms with Crippen molar-refractivity contribution >= 4 is 15.7 Å². The average Bonchev–Trinajstić information content (AvgIpc) is 3.12. The number of rotatable bonds is 4. The Hall–Kier alpha value is -2.74. The van der Waals surface area contributed by atoms with Gasteiger partial charge in [0.15, 0.2) is 0 Å². The summed E-state index contributed by atoms with van der Waals surface area (Å²) in [6.07, 6.45) is 3.61. The number of halogens is 1. The van der Waals surface area contributed by atoms with E-state index in [0.29, 0.717) is 17.2 Å². The molecule has 0 amide bonds. The van der Waals surface area contributed by atoms with Crippen LogP contribution in [0.1, 0.15) is 29.3 Å². The molecule has 0 saturated carbocycles. The first kappa shape index (κ1) is 17.7. The molecular weight excluding hydrogens is 367 g/mol. The molecule has 6 nitrogen and oxygen atoms in total. The Labute approximate surface area is 157 Å². The van der Waals surface area contributed by atoms with E-state index >= 15 is 0 Å². The SMILES string of the molecule is Cc1cc(S(=O)(=O)Nc2ccc([C@@H]3CCc4nncn4C3)cc2)ccc1F. The normalized spacial score (nSPS) is 16.7. The minimum Gasteiger partial charge on any atom is -0.317 e. The molecule has 1 aliphatic heterocycles. The Bertz CT molecular complexity index is 1080. The van der Waals surface area contributed by atoms with E-state index in [1.165, 1.54) is 19.1 Å². The third-order valence-corrected chi connectivity index (χ3v) is 6.28. The van der Waals surface area contributed by atoms with Crippen LogP contribution in [0.4, 0.5) is 10.1 Å². The van der Waals surface area contributed by atoms with Crippen LogP contribution in [0.15, 0.2) is 53.7 Å². The lowest BCUT2D eigenvalue weighted by molar-refractivity contribution is 0.456. The highest BCUT2D eigenvalue weighted by Crippen LogP contribution is 2.29. The molecule has 140 valence electrons. The van der Waals surface area contributed by atoms with E-state index < -0.39 is 15.8 Å². The lowest BCUT2D eigenvalue weighted by Gasteiger charge is -2.23. The summed E-state index contributed by atoms with van der Waals surface area (Å²) in [4.78, 5) is 0.0397. The average molecular weight is 386 g/mol. The minimum absolute atomic E-state index is 0.0397. The molecule has 1 aliphatic rings. The molecule has 1 aromatic heterocycles. The van der Waals surface area contributed by atoms with Crippen LogP contribution in [-0.4, -0.2) is 23.2 Å². The van der Waals surface area contributed by atoms with Crippen molar-refractivity contribution in [3.8, 4) is 0 Å². The van der Waals surface area contributed by atoms with Crippen molar-refractivity contribution in [3.05, 3.63) is 71.6 Å². The van der Waals surface area contributed by atoms with Crippen molar-refractivity contribution < 1.29 is 12.8 Å². The molecule has 1 N–H and O–H groups in total. The standard InChI is InChI=1S/C19H19FN4O2S/c1-13-10-17(7-8-18(13)20)27(25,26)23-16-5-2-14(3-6-16)15-4-9-19-22-21-12-24(19)11-15/h2-3,5-8,10,12,15,23H,4,9,11H2,1H3/t15-/m1/s1. The van der Waals surface area contributed by atoms with E-state index in [9.17, 15) is 12.8 Å². The Kier molecular flexibility index (Phi) is 4.43. The summed E-state index contributed by atoms with van der Waals surface area (Å²) in [7, 11) is -3.76. The number of hydrogen-bond donors (Lipinski definition) is 1. The highest BCUT2D eigenvalue weighted by atomic mass is 32.2. The van der Waals surface area contributed by atoms with E-state index in [2.05, 4.69) is 19.5 Å². The maximum Gasteiger partial charge on any atom is 0.261 e. The van der Waals surface area contributed by atoms with Crippen molar-refractivity contribution in [2.24, 2.45) is 0 Å². The molecule has 2 aromatic carbocycles. The van der Waals surface area contributed by atoms with Crippen LogP contribution in [0.2, 0.25) is 0 Å². The molecule has 1 atom stereocenters. The summed E-state index contributed by atoms with van der Waals surface area (Å²) >= 11 is 0. The molecule has 0 saturated heterocycles. The smallest absolute Gasteiger partial charge is 0.261 e. The van der Waals surface area contributed by atoms with E-state index in [0.717, 1.165) is 36.8 Å². The van der Waals surface area contributed by atoms with Gasteiger partial charge in [-0.1, -0.05) is 12.1 Å². The summed E-state index contributed by atoms with van der Waals surface area (Å²) in [5.74, 6) is 0.922. The number of nitrogens with one attached hydrogen (secondary N) is 1. The molecule has 4 rings (SSSR count). The van der Waals surface area contributed by atoms with Gasteiger partial charge in [0.25, 0.3) is 10.0 Å². The van der Waals surface area contributed by atoms with Gasteiger partial charge in [-0.15, -0.1) is 10.2 Å². The third kappa shape index (κ3) is 3.57. The molecule has 0 aliphatic carbocycles. The van der Waals surface area contributed by atoms with Crippen molar-refractivity contribution in [2.45, 2.75) is 37.1 Å². The second-order valence-corrected chi connectivity index (χ2v) is 8.46.